The molecule has 0 spiro atoms. The summed E-state index contributed by atoms with van der Waals surface area (Å²) in [6.45, 7) is 2.05. The van der Waals surface area contributed by atoms with Crippen LogP contribution in [-0.4, -0.2) is 40.8 Å². The third-order valence-corrected chi connectivity index (χ3v) is 3.26. The van der Waals surface area contributed by atoms with Crippen LogP contribution in [0, 0.1) is 5.92 Å². The van der Waals surface area contributed by atoms with Gasteiger partial charge in [0, 0.05) is 19.7 Å². The number of nitrogens with two attached hydrogens (primary N) is 1. The number of hydrogen-bond acceptors (Lipinski definition) is 5. The van der Waals surface area contributed by atoms with Gasteiger partial charge in [-0.1, -0.05) is 5.16 Å². The molecule has 0 aliphatic carbocycles. The molecule has 4 N–H and O–H groups in total. The van der Waals surface area contributed by atoms with Crippen molar-refractivity contribution in [2.45, 2.75) is 12.8 Å². The lowest BCUT2D eigenvalue weighted by molar-refractivity contribution is 0.208. The maximum absolute atomic E-state index is 9.20. The van der Waals surface area contributed by atoms with Gasteiger partial charge in [-0.2, -0.15) is 0 Å². The number of aliphatic hydroxyl groups excluding tert-OH is 1. The van der Waals surface area contributed by atoms with Crippen LogP contribution in [0.25, 0.3) is 0 Å². The monoisotopic (exact) mass is 250 g/mol. The number of anilines is 1. The maximum Gasteiger partial charge on any atom is 0.188 e. The van der Waals surface area contributed by atoms with E-state index in [9.17, 15) is 5.11 Å². The van der Waals surface area contributed by atoms with Crippen LogP contribution in [-0.2, 0) is 0 Å². The molecule has 1 fully saturated rings. The lowest BCUT2D eigenvalue weighted by Crippen LogP contribution is -2.36. The molecule has 6 heteroatoms. The van der Waals surface area contributed by atoms with Crippen molar-refractivity contribution in [2.24, 2.45) is 16.8 Å². The fourth-order valence-electron chi connectivity index (χ4n) is 2.22. The Morgan fingerprint density at radius 2 is 2.39 bits per heavy atom. The highest BCUT2D eigenvalue weighted by Crippen LogP contribution is 2.22. The Bertz CT molecular complexity index is 419. The van der Waals surface area contributed by atoms with Crippen LogP contribution in [0.5, 0.6) is 0 Å². The predicted octanol–water partition coefficient (Wildman–Crippen LogP) is 0.385. The molecule has 0 bridgehead atoms. The zero-order chi connectivity index (χ0) is 13.0. The number of piperidine rings is 1. The van der Waals surface area contributed by atoms with Crippen LogP contribution in [0.1, 0.15) is 18.5 Å². The number of nitrogens with zero attached hydrogens (tertiary/aromatic N) is 3. The van der Waals surface area contributed by atoms with Crippen molar-refractivity contribution in [2.75, 3.05) is 24.6 Å². The first-order valence-corrected chi connectivity index (χ1v) is 6.04. The first-order chi connectivity index (χ1) is 8.74. The number of hydrogen-bond donors (Lipinski definition) is 3. The summed E-state index contributed by atoms with van der Waals surface area (Å²) in [7, 11) is 0. The van der Waals surface area contributed by atoms with Gasteiger partial charge in [-0.15, -0.1) is 0 Å². The Kier molecular flexibility index (Phi) is 3.99. The molecule has 6 nitrogen and oxygen atoms in total. The molecule has 1 atom stereocenters. The highest BCUT2D eigenvalue weighted by atomic mass is 16.4. The first-order valence-electron chi connectivity index (χ1n) is 6.04. The number of aliphatic hydroxyl groups is 1. The Morgan fingerprint density at radius 3 is 3.00 bits per heavy atom. The summed E-state index contributed by atoms with van der Waals surface area (Å²) in [4.78, 5) is 6.36. The summed E-state index contributed by atoms with van der Waals surface area (Å²) in [5, 5.41) is 20.7. The maximum atomic E-state index is 9.20. The van der Waals surface area contributed by atoms with E-state index in [1.165, 1.54) is 0 Å². The third kappa shape index (κ3) is 2.70. The van der Waals surface area contributed by atoms with Crippen molar-refractivity contribution in [3.63, 3.8) is 0 Å². The lowest BCUT2D eigenvalue weighted by Gasteiger charge is -2.33. The molecule has 1 saturated heterocycles. The largest absolute Gasteiger partial charge is 0.409 e. The van der Waals surface area contributed by atoms with Gasteiger partial charge in [0.15, 0.2) is 5.84 Å². The standard InChI is InChI=1S/C12H18N4O2/c13-12(15-18)11-4-3-10(6-14-11)16-5-1-2-9(7-16)8-17/h3-4,6,9,17-18H,1-2,5,7-8H2,(H2,13,15). The van der Waals surface area contributed by atoms with Gasteiger partial charge in [-0.25, -0.2) is 0 Å². The van der Waals surface area contributed by atoms with Crippen molar-refractivity contribution in [3.05, 3.63) is 24.0 Å². The summed E-state index contributed by atoms with van der Waals surface area (Å²) >= 11 is 0. The zero-order valence-corrected chi connectivity index (χ0v) is 10.2. The molecule has 98 valence electrons. The fraction of sp³-hybridized carbons (Fsp3) is 0.500. The Hall–Kier alpha value is -1.82. The number of oxime groups is 1. The topological polar surface area (TPSA) is 95.0 Å². The van der Waals surface area contributed by atoms with E-state index >= 15 is 0 Å². The second-order valence-corrected chi connectivity index (χ2v) is 4.52. The minimum Gasteiger partial charge on any atom is -0.409 e. The second kappa shape index (κ2) is 5.68. The highest BCUT2D eigenvalue weighted by molar-refractivity contribution is 5.95. The quantitative estimate of drug-likeness (QED) is 0.312. The summed E-state index contributed by atoms with van der Waals surface area (Å²) in [6, 6.07) is 3.63. The van der Waals surface area contributed by atoms with Crippen LogP contribution in [0.4, 0.5) is 5.69 Å². The normalized spacial score (nSPS) is 21.1. The van der Waals surface area contributed by atoms with Gasteiger partial charge in [0.25, 0.3) is 0 Å². The average molecular weight is 250 g/mol. The molecule has 18 heavy (non-hydrogen) atoms. The lowest BCUT2D eigenvalue weighted by atomic mass is 9.99. The average Bonchev–Trinajstić information content (AvgIpc) is 2.46. The number of pyridine rings is 1. The van der Waals surface area contributed by atoms with Crippen LogP contribution < -0.4 is 10.6 Å². The molecule has 1 aromatic rings. The summed E-state index contributed by atoms with van der Waals surface area (Å²) < 4.78 is 0. The van der Waals surface area contributed by atoms with Crippen molar-refractivity contribution in [3.8, 4) is 0 Å². The molecule has 0 amide bonds. The molecular formula is C12H18N4O2. The van der Waals surface area contributed by atoms with E-state index in [0.717, 1.165) is 31.6 Å². The number of amidine groups is 1. The van der Waals surface area contributed by atoms with Gasteiger partial charge in [0.1, 0.15) is 5.69 Å². The SMILES string of the molecule is N/C(=N/O)c1ccc(N2CCCC(CO)C2)cn1. The van der Waals surface area contributed by atoms with E-state index in [-0.39, 0.29) is 12.4 Å². The molecule has 1 aliphatic rings. The van der Waals surface area contributed by atoms with E-state index in [2.05, 4.69) is 15.0 Å². The van der Waals surface area contributed by atoms with Crippen LogP contribution in [0.3, 0.4) is 0 Å². The van der Waals surface area contributed by atoms with Gasteiger partial charge >= 0.3 is 0 Å². The number of rotatable bonds is 3. The summed E-state index contributed by atoms with van der Waals surface area (Å²) in [5.41, 5.74) is 6.92. The van der Waals surface area contributed by atoms with Crippen molar-refractivity contribution >= 4 is 11.5 Å². The van der Waals surface area contributed by atoms with E-state index in [1.54, 1.807) is 12.3 Å². The van der Waals surface area contributed by atoms with Gasteiger partial charge < -0.3 is 20.9 Å². The molecule has 2 rings (SSSR count). The van der Waals surface area contributed by atoms with E-state index in [1.807, 2.05) is 6.07 Å². The molecule has 0 saturated carbocycles. The Morgan fingerprint density at radius 1 is 1.56 bits per heavy atom. The second-order valence-electron chi connectivity index (χ2n) is 4.52. The van der Waals surface area contributed by atoms with E-state index in [4.69, 9.17) is 10.9 Å². The first kappa shape index (κ1) is 12.6. The van der Waals surface area contributed by atoms with Gasteiger partial charge in [0.2, 0.25) is 0 Å². The summed E-state index contributed by atoms with van der Waals surface area (Å²) in [5.74, 6) is 0.343. The molecular weight excluding hydrogens is 232 g/mol. The van der Waals surface area contributed by atoms with Gasteiger partial charge in [-0.05, 0) is 30.9 Å². The van der Waals surface area contributed by atoms with Crippen molar-refractivity contribution in [1.82, 2.24) is 4.98 Å². The summed E-state index contributed by atoms with van der Waals surface area (Å²) in [6.07, 6.45) is 3.86. The van der Waals surface area contributed by atoms with Crippen molar-refractivity contribution < 1.29 is 10.3 Å². The smallest absolute Gasteiger partial charge is 0.188 e. The minimum atomic E-state index is 0.00780. The minimum absolute atomic E-state index is 0.00780. The van der Waals surface area contributed by atoms with Crippen LogP contribution in [0.15, 0.2) is 23.5 Å². The molecule has 0 aromatic carbocycles. The predicted molar refractivity (Wildman–Crippen MR) is 68.8 cm³/mol. The molecule has 1 aliphatic heterocycles. The van der Waals surface area contributed by atoms with Gasteiger partial charge in [-0.3, -0.25) is 4.98 Å². The van der Waals surface area contributed by atoms with Crippen LogP contribution >= 0.6 is 0 Å². The fourth-order valence-corrected chi connectivity index (χ4v) is 2.22. The zero-order valence-electron chi connectivity index (χ0n) is 10.2. The highest BCUT2D eigenvalue weighted by Gasteiger charge is 2.19. The van der Waals surface area contributed by atoms with Gasteiger partial charge in [0.05, 0.1) is 11.9 Å². The Labute approximate surface area is 106 Å². The Balaban J connectivity index is 2.09. The molecule has 2 heterocycles. The van der Waals surface area contributed by atoms with Crippen LogP contribution in [0.2, 0.25) is 0 Å². The molecule has 1 unspecified atom stereocenters. The third-order valence-electron chi connectivity index (χ3n) is 3.26. The van der Waals surface area contributed by atoms with E-state index in [0.29, 0.717) is 11.6 Å². The number of aromatic nitrogens is 1. The molecule has 1 aromatic heterocycles. The van der Waals surface area contributed by atoms with Crippen molar-refractivity contribution in [1.29, 1.82) is 0 Å². The van der Waals surface area contributed by atoms with E-state index < -0.39 is 0 Å². The molecule has 0 radical (unpaired) electrons.